The highest BCUT2D eigenvalue weighted by Gasteiger charge is 2.51. The first-order chi connectivity index (χ1) is 20.5. The van der Waals surface area contributed by atoms with Gasteiger partial charge in [0, 0.05) is 44.9 Å². The minimum absolute atomic E-state index is 0.0880. The molecule has 3 aromatic rings. The van der Waals surface area contributed by atoms with E-state index in [1.807, 2.05) is 0 Å². The fourth-order valence-electron chi connectivity index (χ4n) is 5.13. The van der Waals surface area contributed by atoms with Gasteiger partial charge in [0.1, 0.15) is 46.6 Å². The van der Waals surface area contributed by atoms with Crippen molar-refractivity contribution in [1.29, 1.82) is 0 Å². The molecule has 4 N–H and O–H groups in total. The van der Waals surface area contributed by atoms with Crippen LogP contribution in [0.4, 0.5) is 19.0 Å². The van der Waals surface area contributed by atoms with Gasteiger partial charge in [0.25, 0.3) is 0 Å². The van der Waals surface area contributed by atoms with Crippen LogP contribution in [-0.2, 0) is 14.3 Å². The number of amides is 1. The van der Waals surface area contributed by atoms with E-state index < -0.39 is 70.6 Å². The molecule has 6 atom stereocenters. The Morgan fingerprint density at radius 2 is 1.88 bits per heavy atom. The van der Waals surface area contributed by atoms with Gasteiger partial charge in [0.15, 0.2) is 17.5 Å². The van der Waals surface area contributed by atoms with Crippen molar-refractivity contribution >= 4 is 23.5 Å². The average Bonchev–Trinajstić information content (AvgIpc) is 3.49. The highest BCUT2D eigenvalue weighted by Crippen LogP contribution is 2.42. The van der Waals surface area contributed by atoms with Gasteiger partial charge < -0.3 is 29.9 Å². The SMILES string of the molecule is CN(C(=O)[C@@H](S[C@@H]1O[C@H](CO)[C@H](O)[C@H](n2cc(-c3cc(F)c(F)c(F)c3)nn2)[C@H]1O)C1(O)CCOCC1)c1ccccn1. The molecule has 2 aliphatic rings. The van der Waals surface area contributed by atoms with Gasteiger partial charge in [-0.15, -0.1) is 16.9 Å². The summed E-state index contributed by atoms with van der Waals surface area (Å²) in [7, 11) is 1.50. The number of carbonyl (C=O) groups excluding carboxylic acids is 1. The van der Waals surface area contributed by atoms with E-state index >= 15 is 0 Å². The van der Waals surface area contributed by atoms with Gasteiger partial charge >= 0.3 is 0 Å². The third-order valence-corrected chi connectivity index (χ3v) is 9.18. The molecule has 43 heavy (non-hydrogen) atoms. The second-order valence-electron chi connectivity index (χ2n) is 10.4. The molecule has 12 nitrogen and oxygen atoms in total. The summed E-state index contributed by atoms with van der Waals surface area (Å²) in [5.41, 5.74) is -3.08. The van der Waals surface area contributed by atoms with E-state index in [-0.39, 0.29) is 37.3 Å². The molecule has 232 valence electrons. The standard InChI is InChI=1S/C27H30F3N5O7S/c1-34(19-4-2-3-7-31-19)25(39)24(27(40)5-8-41-9-6-27)43-26-23(38)21(22(37)18(13-36)42-26)35-12-17(32-33-35)14-10-15(28)20(30)16(29)11-14/h2-4,7,10-12,18,21-24,26,36-38,40H,5-6,8-9,13H2,1H3/t18-,21+,22+,23-,24-,26+/m1/s1. The van der Waals surface area contributed by atoms with Crippen molar-refractivity contribution in [2.45, 2.75) is 53.5 Å². The number of halogens is 3. The molecule has 0 saturated carbocycles. The zero-order chi connectivity index (χ0) is 30.9. The summed E-state index contributed by atoms with van der Waals surface area (Å²) >= 11 is 0.817. The number of pyridine rings is 1. The lowest BCUT2D eigenvalue weighted by molar-refractivity contribution is -0.179. The Hall–Kier alpha value is -3.12. The summed E-state index contributed by atoms with van der Waals surface area (Å²) in [6.07, 6.45) is -1.45. The second kappa shape index (κ2) is 12.9. The number of thioether (sulfide) groups is 1. The van der Waals surface area contributed by atoms with Crippen LogP contribution in [0.25, 0.3) is 11.3 Å². The molecule has 0 unspecified atom stereocenters. The number of hydrogen-bond donors (Lipinski definition) is 4. The van der Waals surface area contributed by atoms with Crippen LogP contribution in [0.1, 0.15) is 18.9 Å². The third-order valence-electron chi connectivity index (χ3n) is 7.61. The minimum Gasteiger partial charge on any atom is -0.394 e. The fraction of sp³-hybridized carbons (Fsp3) is 0.481. The van der Waals surface area contributed by atoms with E-state index in [4.69, 9.17) is 9.47 Å². The highest BCUT2D eigenvalue weighted by atomic mass is 32.2. The molecule has 4 heterocycles. The molecule has 0 aliphatic carbocycles. The van der Waals surface area contributed by atoms with Gasteiger partial charge in [-0.25, -0.2) is 22.8 Å². The van der Waals surface area contributed by atoms with Crippen LogP contribution in [0.5, 0.6) is 0 Å². The molecular weight excluding hydrogens is 595 g/mol. The lowest BCUT2D eigenvalue weighted by atomic mass is 9.89. The van der Waals surface area contributed by atoms with E-state index in [2.05, 4.69) is 15.3 Å². The maximum Gasteiger partial charge on any atom is 0.244 e. The van der Waals surface area contributed by atoms with Crippen LogP contribution in [0.3, 0.4) is 0 Å². The second-order valence-corrected chi connectivity index (χ2v) is 11.6. The van der Waals surface area contributed by atoms with Crippen LogP contribution >= 0.6 is 11.8 Å². The monoisotopic (exact) mass is 625 g/mol. The summed E-state index contributed by atoms with van der Waals surface area (Å²) in [5.74, 6) is -4.74. The number of nitrogens with zero attached hydrogens (tertiary/aromatic N) is 5. The van der Waals surface area contributed by atoms with E-state index in [1.165, 1.54) is 24.3 Å². The molecule has 0 radical (unpaired) electrons. The summed E-state index contributed by atoms with van der Waals surface area (Å²) in [6, 6.07) is 5.14. The maximum atomic E-state index is 13.8. The average molecular weight is 626 g/mol. The Kier molecular flexibility index (Phi) is 9.36. The number of aliphatic hydroxyl groups excluding tert-OH is 3. The highest BCUT2D eigenvalue weighted by molar-refractivity contribution is 8.01. The van der Waals surface area contributed by atoms with Gasteiger partial charge in [-0.05, 0) is 24.3 Å². The normalized spacial score (nSPS) is 26.2. The van der Waals surface area contributed by atoms with Gasteiger partial charge in [0.2, 0.25) is 5.91 Å². The summed E-state index contributed by atoms with van der Waals surface area (Å²) in [5, 5.41) is 50.6. The quantitative estimate of drug-likeness (QED) is 0.265. The van der Waals surface area contributed by atoms with E-state index in [1.54, 1.807) is 18.2 Å². The summed E-state index contributed by atoms with van der Waals surface area (Å²) in [4.78, 5) is 19.3. The number of rotatable bonds is 8. The molecular formula is C27H30F3N5O7S. The van der Waals surface area contributed by atoms with Crippen LogP contribution in [0.15, 0.2) is 42.7 Å². The van der Waals surface area contributed by atoms with Crippen LogP contribution < -0.4 is 4.90 Å². The van der Waals surface area contributed by atoms with Gasteiger partial charge in [-0.2, -0.15) is 0 Å². The van der Waals surface area contributed by atoms with Crippen LogP contribution in [0.2, 0.25) is 0 Å². The Bertz CT molecular complexity index is 1410. The van der Waals surface area contributed by atoms with Gasteiger partial charge in [-0.1, -0.05) is 11.3 Å². The van der Waals surface area contributed by atoms with Crippen LogP contribution in [0, 0.1) is 17.5 Å². The first-order valence-corrected chi connectivity index (χ1v) is 14.3. The van der Waals surface area contributed by atoms with Crippen molar-refractivity contribution in [3.63, 3.8) is 0 Å². The molecule has 5 rings (SSSR count). The first kappa shape index (κ1) is 31.3. The topological polar surface area (TPSA) is 163 Å². The van der Waals surface area contributed by atoms with Crippen molar-refractivity contribution in [3.8, 4) is 11.3 Å². The fourth-order valence-corrected chi connectivity index (χ4v) is 6.69. The van der Waals surface area contributed by atoms with Crippen molar-refractivity contribution in [2.24, 2.45) is 0 Å². The molecule has 1 aromatic carbocycles. The van der Waals surface area contributed by atoms with Crippen molar-refractivity contribution in [1.82, 2.24) is 20.0 Å². The third kappa shape index (κ3) is 6.26. The molecule has 0 bridgehead atoms. The number of hydrogen-bond acceptors (Lipinski definition) is 11. The minimum atomic E-state index is -1.65. The first-order valence-electron chi connectivity index (χ1n) is 13.4. The molecule has 0 spiro atoms. The molecule has 2 fully saturated rings. The zero-order valence-electron chi connectivity index (χ0n) is 22.8. The van der Waals surface area contributed by atoms with Crippen molar-refractivity contribution < 1.29 is 47.9 Å². The van der Waals surface area contributed by atoms with E-state index in [0.717, 1.165) is 28.6 Å². The Morgan fingerprint density at radius 3 is 2.51 bits per heavy atom. The molecule has 2 saturated heterocycles. The number of carbonyl (C=O) groups is 1. The Balaban J connectivity index is 1.45. The zero-order valence-corrected chi connectivity index (χ0v) is 23.6. The number of anilines is 1. The lowest BCUT2D eigenvalue weighted by Crippen LogP contribution is -2.58. The summed E-state index contributed by atoms with van der Waals surface area (Å²) < 4.78 is 53.4. The Labute approximate surface area is 248 Å². The molecule has 16 heteroatoms. The van der Waals surface area contributed by atoms with E-state index in [0.29, 0.717) is 5.82 Å². The predicted molar refractivity (Wildman–Crippen MR) is 146 cm³/mol. The van der Waals surface area contributed by atoms with Crippen molar-refractivity contribution in [2.75, 3.05) is 31.8 Å². The molecule has 1 amide bonds. The van der Waals surface area contributed by atoms with Crippen molar-refractivity contribution in [3.05, 3.63) is 60.2 Å². The van der Waals surface area contributed by atoms with Crippen LogP contribution in [-0.4, -0.2) is 108 Å². The predicted octanol–water partition coefficient (Wildman–Crippen LogP) is 1.04. The maximum absolute atomic E-state index is 13.8. The van der Waals surface area contributed by atoms with Gasteiger partial charge in [-0.3, -0.25) is 9.69 Å². The largest absolute Gasteiger partial charge is 0.394 e. The lowest BCUT2D eigenvalue weighted by Gasteiger charge is -2.45. The molecule has 2 aliphatic heterocycles. The summed E-state index contributed by atoms with van der Waals surface area (Å²) in [6.45, 7) is -0.299. The smallest absolute Gasteiger partial charge is 0.244 e. The Morgan fingerprint density at radius 1 is 1.19 bits per heavy atom. The number of aliphatic hydroxyl groups is 4. The number of aromatic nitrogens is 4. The number of ether oxygens (including phenoxy) is 2. The van der Waals surface area contributed by atoms with E-state index in [9.17, 15) is 38.4 Å². The molecule has 2 aromatic heterocycles. The number of benzene rings is 1. The van der Waals surface area contributed by atoms with Gasteiger partial charge in [0.05, 0.1) is 18.4 Å².